The first-order valence-electron chi connectivity index (χ1n) is 5.21. The van der Waals surface area contributed by atoms with Crippen LogP contribution < -0.4 is 5.32 Å². The van der Waals surface area contributed by atoms with E-state index in [9.17, 15) is 0 Å². The van der Waals surface area contributed by atoms with E-state index in [1.165, 1.54) is 25.9 Å². The fourth-order valence-corrected chi connectivity index (χ4v) is 1.62. The van der Waals surface area contributed by atoms with Gasteiger partial charge in [0.05, 0.1) is 0 Å². The van der Waals surface area contributed by atoms with Crippen LogP contribution in [-0.4, -0.2) is 40.0 Å². The van der Waals surface area contributed by atoms with Gasteiger partial charge in [-0.3, -0.25) is 0 Å². The Balaban J connectivity index is 1.78. The molecular weight excluding hydrogens is 166 g/mol. The predicted molar refractivity (Wildman–Crippen MR) is 52.9 cm³/mol. The molecule has 0 spiro atoms. The molecule has 1 aliphatic heterocycles. The predicted octanol–water partition coefficient (Wildman–Crippen LogP) is 1.04. The van der Waals surface area contributed by atoms with Crippen LogP contribution in [0.1, 0.15) is 19.3 Å². The van der Waals surface area contributed by atoms with Crippen LogP contribution in [0.4, 0.5) is 0 Å². The molecule has 1 fully saturated rings. The SMILES string of the molecule is COCCCOCCC1CCNC1. The van der Waals surface area contributed by atoms with E-state index < -0.39 is 0 Å². The number of ether oxygens (including phenoxy) is 2. The molecule has 0 amide bonds. The van der Waals surface area contributed by atoms with E-state index in [1.54, 1.807) is 7.11 Å². The third-order valence-electron chi connectivity index (χ3n) is 2.47. The monoisotopic (exact) mass is 187 g/mol. The normalized spacial score (nSPS) is 22.4. The summed E-state index contributed by atoms with van der Waals surface area (Å²) in [4.78, 5) is 0. The maximum Gasteiger partial charge on any atom is 0.0487 e. The number of nitrogens with one attached hydrogen (secondary N) is 1. The molecule has 0 saturated carbocycles. The first kappa shape index (κ1) is 11.0. The second-order valence-electron chi connectivity index (χ2n) is 3.61. The van der Waals surface area contributed by atoms with Crippen LogP contribution >= 0.6 is 0 Å². The van der Waals surface area contributed by atoms with Crippen LogP contribution in [0.3, 0.4) is 0 Å². The van der Waals surface area contributed by atoms with Gasteiger partial charge >= 0.3 is 0 Å². The van der Waals surface area contributed by atoms with Crippen molar-refractivity contribution in [2.75, 3.05) is 40.0 Å². The molecule has 1 rings (SSSR count). The van der Waals surface area contributed by atoms with Crippen LogP contribution in [0.5, 0.6) is 0 Å². The van der Waals surface area contributed by atoms with E-state index in [-0.39, 0.29) is 0 Å². The molecule has 0 aromatic carbocycles. The van der Waals surface area contributed by atoms with Gasteiger partial charge in [0, 0.05) is 26.9 Å². The summed E-state index contributed by atoms with van der Waals surface area (Å²) in [6.45, 7) is 4.94. The highest BCUT2D eigenvalue weighted by atomic mass is 16.5. The van der Waals surface area contributed by atoms with Gasteiger partial charge in [-0.15, -0.1) is 0 Å². The Hall–Kier alpha value is -0.120. The molecule has 1 unspecified atom stereocenters. The van der Waals surface area contributed by atoms with Gasteiger partial charge in [0.25, 0.3) is 0 Å². The van der Waals surface area contributed by atoms with Crippen molar-refractivity contribution in [3.05, 3.63) is 0 Å². The molecule has 0 aromatic rings. The third kappa shape index (κ3) is 5.24. The van der Waals surface area contributed by atoms with E-state index in [0.29, 0.717) is 0 Å². The Labute approximate surface area is 80.8 Å². The van der Waals surface area contributed by atoms with E-state index >= 15 is 0 Å². The maximum atomic E-state index is 5.49. The summed E-state index contributed by atoms with van der Waals surface area (Å²) in [7, 11) is 1.73. The minimum atomic E-state index is 0.811. The van der Waals surface area contributed by atoms with Gasteiger partial charge in [-0.1, -0.05) is 0 Å². The van der Waals surface area contributed by atoms with Crippen molar-refractivity contribution in [2.45, 2.75) is 19.3 Å². The van der Waals surface area contributed by atoms with Crippen molar-refractivity contribution < 1.29 is 9.47 Å². The molecule has 1 saturated heterocycles. The molecule has 1 aliphatic rings. The van der Waals surface area contributed by atoms with Crippen LogP contribution in [0.25, 0.3) is 0 Å². The fourth-order valence-electron chi connectivity index (χ4n) is 1.62. The molecule has 0 radical (unpaired) electrons. The van der Waals surface area contributed by atoms with Crippen molar-refractivity contribution in [1.82, 2.24) is 5.32 Å². The molecule has 3 heteroatoms. The highest BCUT2D eigenvalue weighted by molar-refractivity contribution is 4.70. The minimum absolute atomic E-state index is 0.811. The molecule has 0 aliphatic carbocycles. The lowest BCUT2D eigenvalue weighted by molar-refractivity contribution is 0.0950. The molecule has 1 heterocycles. The smallest absolute Gasteiger partial charge is 0.0487 e. The Morgan fingerprint density at radius 1 is 1.31 bits per heavy atom. The second-order valence-corrected chi connectivity index (χ2v) is 3.61. The van der Waals surface area contributed by atoms with Gasteiger partial charge in [0.1, 0.15) is 0 Å². The highest BCUT2D eigenvalue weighted by Crippen LogP contribution is 2.11. The van der Waals surface area contributed by atoms with Crippen LogP contribution in [-0.2, 0) is 9.47 Å². The molecule has 3 nitrogen and oxygen atoms in total. The average Bonchev–Trinajstić information content (AvgIpc) is 2.63. The van der Waals surface area contributed by atoms with Crippen molar-refractivity contribution in [1.29, 1.82) is 0 Å². The summed E-state index contributed by atoms with van der Waals surface area (Å²) in [6.07, 6.45) is 3.54. The summed E-state index contributed by atoms with van der Waals surface area (Å²) in [6, 6.07) is 0. The first-order chi connectivity index (χ1) is 6.43. The zero-order valence-electron chi connectivity index (χ0n) is 8.55. The third-order valence-corrected chi connectivity index (χ3v) is 2.47. The van der Waals surface area contributed by atoms with Gasteiger partial charge in [0.2, 0.25) is 0 Å². The minimum Gasteiger partial charge on any atom is -0.385 e. The van der Waals surface area contributed by atoms with E-state index in [4.69, 9.17) is 9.47 Å². The van der Waals surface area contributed by atoms with E-state index in [0.717, 1.165) is 32.2 Å². The van der Waals surface area contributed by atoms with Crippen LogP contribution in [0.2, 0.25) is 0 Å². The van der Waals surface area contributed by atoms with Gasteiger partial charge in [-0.25, -0.2) is 0 Å². The van der Waals surface area contributed by atoms with Crippen molar-refractivity contribution in [2.24, 2.45) is 5.92 Å². The van der Waals surface area contributed by atoms with Crippen LogP contribution in [0.15, 0.2) is 0 Å². The topological polar surface area (TPSA) is 30.5 Å². The summed E-state index contributed by atoms with van der Waals surface area (Å²) in [5, 5.41) is 3.36. The zero-order valence-corrected chi connectivity index (χ0v) is 8.55. The Morgan fingerprint density at radius 3 is 2.92 bits per heavy atom. The van der Waals surface area contributed by atoms with E-state index in [1.807, 2.05) is 0 Å². The molecule has 1 atom stereocenters. The Bertz CT molecular complexity index is 113. The summed E-state index contributed by atoms with van der Waals surface area (Å²) < 4.78 is 10.4. The number of rotatable bonds is 7. The maximum absolute atomic E-state index is 5.49. The van der Waals surface area contributed by atoms with E-state index in [2.05, 4.69) is 5.32 Å². The summed E-state index contributed by atoms with van der Waals surface area (Å²) in [5.74, 6) is 0.849. The fraction of sp³-hybridized carbons (Fsp3) is 1.00. The van der Waals surface area contributed by atoms with Crippen molar-refractivity contribution >= 4 is 0 Å². The summed E-state index contributed by atoms with van der Waals surface area (Å²) in [5.41, 5.74) is 0. The van der Waals surface area contributed by atoms with Gasteiger partial charge in [0.15, 0.2) is 0 Å². The number of hydrogen-bond acceptors (Lipinski definition) is 3. The number of methoxy groups -OCH3 is 1. The summed E-state index contributed by atoms with van der Waals surface area (Å²) >= 11 is 0. The quantitative estimate of drug-likeness (QED) is 0.604. The molecule has 0 bridgehead atoms. The lowest BCUT2D eigenvalue weighted by Crippen LogP contribution is -2.11. The largest absolute Gasteiger partial charge is 0.385 e. The standard InChI is InChI=1S/C10H21NO2/c1-12-6-2-7-13-8-4-10-3-5-11-9-10/h10-11H,2-9H2,1H3. The Kier molecular flexibility index (Phi) is 6.15. The van der Waals surface area contributed by atoms with Crippen LogP contribution in [0, 0.1) is 5.92 Å². The lowest BCUT2D eigenvalue weighted by Gasteiger charge is -2.08. The average molecular weight is 187 g/mol. The van der Waals surface area contributed by atoms with Crippen molar-refractivity contribution in [3.63, 3.8) is 0 Å². The second kappa shape index (κ2) is 7.30. The Morgan fingerprint density at radius 2 is 2.23 bits per heavy atom. The first-order valence-corrected chi connectivity index (χ1v) is 5.21. The molecule has 78 valence electrons. The zero-order chi connectivity index (χ0) is 9.36. The van der Waals surface area contributed by atoms with Gasteiger partial charge in [-0.2, -0.15) is 0 Å². The van der Waals surface area contributed by atoms with Gasteiger partial charge in [-0.05, 0) is 38.3 Å². The number of hydrogen-bond donors (Lipinski definition) is 1. The highest BCUT2D eigenvalue weighted by Gasteiger charge is 2.13. The van der Waals surface area contributed by atoms with Crippen molar-refractivity contribution in [3.8, 4) is 0 Å². The molecule has 0 aromatic heterocycles. The van der Waals surface area contributed by atoms with Gasteiger partial charge < -0.3 is 14.8 Å². The molecule has 13 heavy (non-hydrogen) atoms. The molecular formula is C10H21NO2. The lowest BCUT2D eigenvalue weighted by atomic mass is 10.1. The molecule has 1 N–H and O–H groups in total.